The van der Waals surface area contributed by atoms with Gasteiger partial charge in [-0.3, -0.25) is 9.13 Å². The Hall–Kier alpha value is -3.08. The molecule has 2 aromatic heterocycles. The van der Waals surface area contributed by atoms with Crippen LogP contribution in [0, 0.1) is 12.3 Å². The van der Waals surface area contributed by atoms with Gasteiger partial charge < -0.3 is 4.52 Å². The maximum atomic E-state index is 12.8. The first-order valence-electron chi connectivity index (χ1n) is 9.47. The van der Waals surface area contributed by atoms with Crippen LogP contribution in [0.3, 0.4) is 0 Å². The van der Waals surface area contributed by atoms with Crippen molar-refractivity contribution in [2.75, 3.05) is 0 Å². The Morgan fingerprint density at radius 1 is 1.00 bits per heavy atom. The second-order valence-electron chi connectivity index (χ2n) is 8.52. The summed E-state index contributed by atoms with van der Waals surface area (Å²) in [4.78, 5) is 12.8. The fourth-order valence-corrected chi connectivity index (χ4v) is 3.70. The van der Waals surface area contributed by atoms with Crippen molar-refractivity contribution in [2.45, 2.75) is 34.2 Å². The largest absolute Gasteiger partial charge is 0.360 e. The molecule has 0 atom stereocenters. The molecule has 2 heterocycles. The third-order valence-corrected chi connectivity index (χ3v) is 4.98. The van der Waals surface area contributed by atoms with Gasteiger partial charge in [-0.1, -0.05) is 62.3 Å². The van der Waals surface area contributed by atoms with Gasteiger partial charge in [0.05, 0.1) is 16.6 Å². The van der Waals surface area contributed by atoms with Crippen molar-refractivity contribution in [2.24, 2.45) is 12.5 Å². The second-order valence-corrected chi connectivity index (χ2v) is 8.52. The lowest BCUT2D eigenvalue weighted by Gasteiger charge is -2.18. The summed E-state index contributed by atoms with van der Waals surface area (Å²) < 4.78 is 9.09. The molecule has 0 amide bonds. The minimum atomic E-state index is 0.00685. The zero-order valence-corrected chi connectivity index (χ0v) is 17.0. The van der Waals surface area contributed by atoms with Crippen molar-refractivity contribution in [1.82, 2.24) is 14.3 Å². The van der Waals surface area contributed by atoms with E-state index in [0.29, 0.717) is 6.54 Å². The van der Waals surface area contributed by atoms with Crippen LogP contribution < -0.4 is 5.69 Å². The molecule has 144 valence electrons. The standard InChI is InChI=1S/C23H25N3O2/c1-15-20(21(24-28-15)16-9-7-6-8-10-16)17-11-12-18-19(13-17)25(5)22(27)26(18)14-23(2,3)4/h6-13H,14H2,1-5H3. The lowest BCUT2D eigenvalue weighted by molar-refractivity contribution is 0.342. The Morgan fingerprint density at radius 3 is 2.39 bits per heavy atom. The van der Waals surface area contributed by atoms with Crippen LogP contribution in [-0.4, -0.2) is 14.3 Å². The summed E-state index contributed by atoms with van der Waals surface area (Å²) in [5.41, 5.74) is 5.66. The van der Waals surface area contributed by atoms with E-state index in [1.54, 1.807) is 4.57 Å². The van der Waals surface area contributed by atoms with Gasteiger partial charge in [-0.25, -0.2) is 4.79 Å². The summed E-state index contributed by atoms with van der Waals surface area (Å²) in [7, 11) is 1.83. The van der Waals surface area contributed by atoms with Crippen molar-refractivity contribution >= 4 is 11.0 Å². The van der Waals surface area contributed by atoms with Crippen LogP contribution in [0.5, 0.6) is 0 Å². The molecule has 0 fully saturated rings. The van der Waals surface area contributed by atoms with Gasteiger partial charge in [0.1, 0.15) is 11.5 Å². The lowest BCUT2D eigenvalue weighted by atomic mass is 9.96. The molecule has 0 unspecified atom stereocenters. The average Bonchev–Trinajstić information content (AvgIpc) is 3.15. The highest BCUT2D eigenvalue weighted by atomic mass is 16.5. The Labute approximate surface area is 164 Å². The number of rotatable bonds is 3. The number of hydrogen-bond donors (Lipinski definition) is 0. The predicted octanol–water partition coefficient (Wildman–Crippen LogP) is 5.02. The van der Waals surface area contributed by atoms with E-state index in [1.807, 2.05) is 61.0 Å². The third kappa shape index (κ3) is 3.07. The Bertz CT molecular complexity index is 1200. The molecular weight excluding hydrogens is 350 g/mol. The molecule has 0 saturated heterocycles. The van der Waals surface area contributed by atoms with Crippen LogP contribution in [0.1, 0.15) is 26.5 Å². The summed E-state index contributed by atoms with van der Waals surface area (Å²) in [5, 5.41) is 4.29. The summed E-state index contributed by atoms with van der Waals surface area (Å²) in [6.07, 6.45) is 0. The number of nitrogens with zero attached hydrogens (tertiary/aromatic N) is 3. The quantitative estimate of drug-likeness (QED) is 0.505. The fourth-order valence-electron chi connectivity index (χ4n) is 3.70. The van der Waals surface area contributed by atoms with E-state index in [4.69, 9.17) is 4.52 Å². The van der Waals surface area contributed by atoms with Gasteiger partial charge in [0.2, 0.25) is 0 Å². The lowest BCUT2D eigenvalue weighted by Crippen LogP contribution is -2.27. The molecule has 28 heavy (non-hydrogen) atoms. The van der Waals surface area contributed by atoms with Crippen LogP contribution in [0.2, 0.25) is 0 Å². The van der Waals surface area contributed by atoms with E-state index < -0.39 is 0 Å². The van der Waals surface area contributed by atoms with Crippen molar-refractivity contribution in [3.63, 3.8) is 0 Å². The molecule has 2 aromatic carbocycles. The van der Waals surface area contributed by atoms with Crippen LogP contribution in [0.15, 0.2) is 57.8 Å². The van der Waals surface area contributed by atoms with Gasteiger partial charge in [0.15, 0.2) is 0 Å². The SMILES string of the molecule is Cc1onc(-c2ccccc2)c1-c1ccc2c(c1)n(C)c(=O)n2CC(C)(C)C. The normalized spacial score (nSPS) is 12.0. The maximum absolute atomic E-state index is 12.8. The van der Waals surface area contributed by atoms with Gasteiger partial charge >= 0.3 is 5.69 Å². The molecule has 0 aliphatic carbocycles. The maximum Gasteiger partial charge on any atom is 0.328 e. The molecule has 0 N–H and O–H groups in total. The van der Waals surface area contributed by atoms with Gasteiger partial charge in [0, 0.05) is 19.2 Å². The van der Waals surface area contributed by atoms with Crippen molar-refractivity contribution in [1.29, 1.82) is 0 Å². The first-order chi connectivity index (χ1) is 13.3. The molecule has 4 aromatic rings. The molecule has 0 aliphatic heterocycles. The van der Waals surface area contributed by atoms with Gasteiger partial charge in [-0.15, -0.1) is 0 Å². The third-order valence-electron chi connectivity index (χ3n) is 4.98. The van der Waals surface area contributed by atoms with Crippen LogP contribution >= 0.6 is 0 Å². The molecule has 0 radical (unpaired) electrons. The Balaban J connectivity index is 1.90. The van der Waals surface area contributed by atoms with Crippen molar-refractivity contribution in [3.8, 4) is 22.4 Å². The topological polar surface area (TPSA) is 53.0 Å². The van der Waals surface area contributed by atoms with Gasteiger partial charge in [-0.2, -0.15) is 0 Å². The van der Waals surface area contributed by atoms with Crippen LogP contribution in [0.4, 0.5) is 0 Å². The van der Waals surface area contributed by atoms with E-state index in [-0.39, 0.29) is 11.1 Å². The number of imidazole rings is 1. The van der Waals surface area contributed by atoms with Crippen molar-refractivity contribution in [3.05, 3.63) is 64.8 Å². The fraction of sp³-hybridized carbons (Fsp3) is 0.304. The summed E-state index contributed by atoms with van der Waals surface area (Å²) >= 11 is 0. The molecule has 0 saturated carbocycles. The summed E-state index contributed by atoms with van der Waals surface area (Å²) in [6, 6.07) is 16.1. The summed E-state index contributed by atoms with van der Waals surface area (Å²) in [6.45, 7) is 9.00. The first kappa shape index (κ1) is 18.3. The average molecular weight is 375 g/mol. The minimum absolute atomic E-state index is 0.00685. The van der Waals surface area contributed by atoms with Gasteiger partial charge in [0.25, 0.3) is 0 Å². The minimum Gasteiger partial charge on any atom is -0.360 e. The zero-order valence-electron chi connectivity index (χ0n) is 17.0. The van der Waals surface area contributed by atoms with Gasteiger partial charge in [-0.05, 0) is 30.0 Å². The number of aryl methyl sites for hydroxylation is 2. The Kier molecular flexibility index (Phi) is 4.26. The number of hydrogen-bond acceptors (Lipinski definition) is 3. The number of benzene rings is 2. The van der Waals surface area contributed by atoms with E-state index in [0.717, 1.165) is 39.2 Å². The smallest absolute Gasteiger partial charge is 0.328 e. The molecule has 0 aliphatic rings. The predicted molar refractivity (Wildman–Crippen MR) is 112 cm³/mol. The molecule has 4 rings (SSSR count). The highest BCUT2D eigenvalue weighted by Crippen LogP contribution is 2.35. The number of fused-ring (bicyclic) bond motifs is 1. The van der Waals surface area contributed by atoms with E-state index in [9.17, 15) is 4.79 Å². The summed E-state index contributed by atoms with van der Waals surface area (Å²) in [5.74, 6) is 0.761. The Morgan fingerprint density at radius 2 is 1.71 bits per heavy atom. The number of aromatic nitrogens is 3. The van der Waals surface area contributed by atoms with Crippen molar-refractivity contribution < 1.29 is 4.52 Å². The van der Waals surface area contributed by atoms with E-state index in [2.05, 4.69) is 32.0 Å². The molecular formula is C23H25N3O2. The molecule has 5 nitrogen and oxygen atoms in total. The zero-order chi connectivity index (χ0) is 20.1. The molecule has 0 bridgehead atoms. The monoisotopic (exact) mass is 375 g/mol. The highest BCUT2D eigenvalue weighted by molar-refractivity contribution is 5.88. The first-order valence-corrected chi connectivity index (χ1v) is 9.47. The molecule has 5 heteroatoms. The van der Waals surface area contributed by atoms with E-state index in [1.165, 1.54) is 0 Å². The van der Waals surface area contributed by atoms with Crippen LogP contribution in [-0.2, 0) is 13.6 Å². The second kappa shape index (κ2) is 6.51. The van der Waals surface area contributed by atoms with E-state index >= 15 is 0 Å². The highest BCUT2D eigenvalue weighted by Gasteiger charge is 2.20. The molecule has 0 spiro atoms. The van der Waals surface area contributed by atoms with Crippen LogP contribution in [0.25, 0.3) is 33.4 Å².